The highest BCUT2D eigenvalue weighted by Crippen LogP contribution is 2.25. The molecular weight excluding hydrogens is 289 g/mol. The van der Waals surface area contributed by atoms with E-state index >= 15 is 0 Å². The maximum atomic E-state index is 13.7. The number of para-hydroxylation sites is 1. The molecule has 0 saturated heterocycles. The molecule has 1 N–H and O–H groups in total. The predicted octanol–water partition coefficient (Wildman–Crippen LogP) is 4.07. The number of aliphatic hydroxyl groups is 1. The van der Waals surface area contributed by atoms with Crippen LogP contribution in [-0.4, -0.2) is 10.1 Å². The van der Waals surface area contributed by atoms with Gasteiger partial charge in [0.15, 0.2) is 0 Å². The summed E-state index contributed by atoms with van der Waals surface area (Å²) in [5.41, 5.74) is 1.21. The van der Waals surface area contributed by atoms with Gasteiger partial charge in [0.1, 0.15) is 23.2 Å². The summed E-state index contributed by atoms with van der Waals surface area (Å²) in [7, 11) is 0. The van der Waals surface area contributed by atoms with Gasteiger partial charge in [-0.3, -0.25) is 0 Å². The van der Waals surface area contributed by atoms with Gasteiger partial charge in [-0.2, -0.15) is 0 Å². The molecule has 5 heteroatoms. The zero-order valence-electron chi connectivity index (χ0n) is 11.4. The zero-order chi connectivity index (χ0) is 14.8. The summed E-state index contributed by atoms with van der Waals surface area (Å²) < 4.78 is 20.4. The van der Waals surface area contributed by atoms with Gasteiger partial charge in [0.2, 0.25) is 0 Å². The molecule has 108 valence electrons. The van der Waals surface area contributed by atoms with E-state index in [0.29, 0.717) is 12.4 Å². The average Bonchev–Trinajstić information content (AvgIpc) is 2.87. The molecule has 0 amide bonds. The van der Waals surface area contributed by atoms with Gasteiger partial charge in [0.25, 0.3) is 0 Å². The Labute approximate surface area is 125 Å². The molecule has 0 aliphatic carbocycles. The third-order valence-electron chi connectivity index (χ3n) is 3.12. The zero-order valence-corrected chi connectivity index (χ0v) is 12.2. The van der Waals surface area contributed by atoms with Crippen LogP contribution >= 0.6 is 11.3 Å². The van der Waals surface area contributed by atoms with Crippen molar-refractivity contribution in [1.29, 1.82) is 0 Å². The molecule has 1 heterocycles. The topological polar surface area (TPSA) is 42.4 Å². The van der Waals surface area contributed by atoms with Crippen LogP contribution < -0.4 is 4.74 Å². The van der Waals surface area contributed by atoms with Crippen LogP contribution in [0.15, 0.2) is 42.5 Å². The first-order chi connectivity index (χ1) is 10.1. The fraction of sp³-hybridized carbons (Fsp3) is 0.188. The van der Waals surface area contributed by atoms with Crippen molar-refractivity contribution in [2.75, 3.05) is 0 Å². The monoisotopic (exact) mass is 303 g/mol. The quantitative estimate of drug-likeness (QED) is 0.790. The highest BCUT2D eigenvalue weighted by Gasteiger charge is 2.10. The van der Waals surface area contributed by atoms with Crippen LogP contribution in [0.5, 0.6) is 5.75 Å². The summed E-state index contributed by atoms with van der Waals surface area (Å²) >= 11 is 1.56. The molecule has 0 spiro atoms. The number of benzene rings is 2. The highest BCUT2D eigenvalue weighted by atomic mass is 32.1. The summed E-state index contributed by atoms with van der Waals surface area (Å²) in [6.45, 7) is 1.83. The van der Waals surface area contributed by atoms with E-state index in [1.807, 2.05) is 24.3 Å². The van der Waals surface area contributed by atoms with Gasteiger partial charge in [-0.05, 0) is 31.2 Å². The summed E-state index contributed by atoms with van der Waals surface area (Å²) in [5, 5.41) is 10.2. The Balaban J connectivity index is 1.74. The van der Waals surface area contributed by atoms with Crippen molar-refractivity contribution in [3.05, 3.63) is 58.9 Å². The van der Waals surface area contributed by atoms with Crippen LogP contribution in [0.1, 0.15) is 23.6 Å². The van der Waals surface area contributed by atoms with E-state index in [9.17, 15) is 9.50 Å². The number of nitrogens with zero attached hydrogens (tertiary/aromatic N) is 1. The lowest BCUT2D eigenvalue weighted by Gasteiger charge is -2.09. The normalized spacial score (nSPS) is 12.5. The fourth-order valence-corrected chi connectivity index (χ4v) is 2.94. The molecule has 1 aromatic heterocycles. The summed E-state index contributed by atoms with van der Waals surface area (Å²) in [5.74, 6) is -0.0389. The smallest absolute Gasteiger partial charge is 0.140 e. The van der Waals surface area contributed by atoms with Gasteiger partial charge in [0, 0.05) is 11.6 Å². The summed E-state index contributed by atoms with van der Waals surface area (Å²) in [6.07, 6.45) is -0.830. The Hall–Kier alpha value is -1.98. The fourth-order valence-electron chi connectivity index (χ4n) is 2.06. The minimum atomic E-state index is -0.830. The molecule has 1 atom stereocenters. The highest BCUT2D eigenvalue weighted by molar-refractivity contribution is 7.18. The lowest BCUT2D eigenvalue weighted by molar-refractivity contribution is 0.194. The first-order valence-electron chi connectivity index (χ1n) is 6.58. The van der Waals surface area contributed by atoms with Crippen molar-refractivity contribution in [3.8, 4) is 5.75 Å². The van der Waals surface area contributed by atoms with Crippen LogP contribution in [-0.2, 0) is 6.61 Å². The maximum absolute atomic E-state index is 13.7. The van der Waals surface area contributed by atoms with Gasteiger partial charge in [0.05, 0.1) is 16.3 Å². The number of thiazole rings is 1. The van der Waals surface area contributed by atoms with Crippen molar-refractivity contribution in [1.82, 2.24) is 4.98 Å². The summed E-state index contributed by atoms with van der Waals surface area (Å²) in [4.78, 5) is 4.46. The van der Waals surface area contributed by atoms with Crippen LogP contribution in [0.4, 0.5) is 4.39 Å². The minimum absolute atomic E-state index is 0.266. The van der Waals surface area contributed by atoms with Crippen LogP contribution in [0, 0.1) is 5.82 Å². The maximum Gasteiger partial charge on any atom is 0.140 e. The van der Waals surface area contributed by atoms with Gasteiger partial charge in [-0.1, -0.05) is 12.1 Å². The molecule has 3 nitrogen and oxygen atoms in total. The molecule has 0 aliphatic rings. The lowest BCUT2D eigenvalue weighted by atomic mass is 10.1. The van der Waals surface area contributed by atoms with Crippen LogP contribution in [0.3, 0.4) is 0 Å². The number of fused-ring (bicyclic) bond motifs is 1. The SMILES string of the molecule is CC(O)c1ccc(OCc2nc3ccccc3s2)cc1F. The van der Waals surface area contributed by atoms with E-state index in [-0.39, 0.29) is 5.56 Å². The van der Waals surface area contributed by atoms with Gasteiger partial charge < -0.3 is 9.84 Å². The molecule has 0 aliphatic heterocycles. The van der Waals surface area contributed by atoms with E-state index < -0.39 is 11.9 Å². The van der Waals surface area contributed by atoms with E-state index in [1.54, 1.807) is 17.4 Å². The summed E-state index contributed by atoms with van der Waals surface area (Å²) in [6, 6.07) is 12.3. The van der Waals surface area contributed by atoms with Crippen molar-refractivity contribution in [3.63, 3.8) is 0 Å². The third-order valence-corrected chi connectivity index (χ3v) is 4.13. The number of hydrogen-bond donors (Lipinski definition) is 1. The van der Waals surface area contributed by atoms with E-state index in [1.165, 1.54) is 19.1 Å². The van der Waals surface area contributed by atoms with Gasteiger partial charge in [-0.15, -0.1) is 11.3 Å². The molecular formula is C16H14FNO2S. The first kappa shape index (κ1) is 14.0. The number of aromatic nitrogens is 1. The predicted molar refractivity (Wildman–Crippen MR) is 81.0 cm³/mol. The standard InChI is InChI=1S/C16H14FNO2S/c1-10(19)12-7-6-11(8-13(12)17)20-9-16-18-14-4-2-3-5-15(14)21-16/h2-8,10,19H,9H2,1H3. The average molecular weight is 303 g/mol. The van der Waals surface area contributed by atoms with Crippen molar-refractivity contribution in [2.24, 2.45) is 0 Å². The molecule has 21 heavy (non-hydrogen) atoms. The van der Waals surface area contributed by atoms with Crippen molar-refractivity contribution < 1.29 is 14.2 Å². The van der Waals surface area contributed by atoms with Crippen LogP contribution in [0.25, 0.3) is 10.2 Å². The largest absolute Gasteiger partial charge is 0.486 e. The Morgan fingerprint density at radius 2 is 2.10 bits per heavy atom. The number of rotatable bonds is 4. The Morgan fingerprint density at radius 1 is 1.29 bits per heavy atom. The number of halogens is 1. The molecule has 3 aromatic rings. The molecule has 0 fully saturated rings. The number of ether oxygens (including phenoxy) is 1. The van der Waals surface area contributed by atoms with Crippen LogP contribution in [0.2, 0.25) is 0 Å². The second-order valence-corrected chi connectivity index (χ2v) is 5.84. The Morgan fingerprint density at radius 3 is 2.81 bits per heavy atom. The Kier molecular flexibility index (Phi) is 3.86. The Bertz CT molecular complexity index is 737. The van der Waals surface area contributed by atoms with E-state index in [0.717, 1.165) is 15.2 Å². The molecule has 0 bridgehead atoms. The molecule has 0 saturated carbocycles. The number of aliphatic hydroxyl groups excluding tert-OH is 1. The molecule has 2 aromatic carbocycles. The van der Waals surface area contributed by atoms with Gasteiger partial charge in [-0.25, -0.2) is 9.37 Å². The minimum Gasteiger partial charge on any atom is -0.486 e. The lowest BCUT2D eigenvalue weighted by Crippen LogP contribution is -1.99. The molecule has 1 unspecified atom stereocenters. The molecule has 0 radical (unpaired) electrons. The second kappa shape index (κ2) is 5.79. The third kappa shape index (κ3) is 3.04. The number of hydrogen-bond acceptors (Lipinski definition) is 4. The van der Waals surface area contributed by atoms with Crippen molar-refractivity contribution in [2.45, 2.75) is 19.6 Å². The first-order valence-corrected chi connectivity index (χ1v) is 7.40. The molecule has 3 rings (SSSR count). The van der Waals surface area contributed by atoms with E-state index in [4.69, 9.17) is 4.74 Å². The van der Waals surface area contributed by atoms with Crippen molar-refractivity contribution >= 4 is 21.6 Å². The van der Waals surface area contributed by atoms with E-state index in [2.05, 4.69) is 4.98 Å². The second-order valence-electron chi connectivity index (χ2n) is 4.72. The van der Waals surface area contributed by atoms with Gasteiger partial charge >= 0.3 is 0 Å².